The van der Waals surface area contributed by atoms with E-state index in [2.05, 4.69) is 29.3 Å². The van der Waals surface area contributed by atoms with Crippen molar-refractivity contribution in [2.75, 3.05) is 33.3 Å². The Hall–Kier alpha value is -0.950. The topological polar surface area (TPSA) is 55.8 Å². The molecule has 0 spiro atoms. The zero-order valence-corrected chi connectivity index (χ0v) is 15.9. The third kappa shape index (κ3) is 5.28. The minimum absolute atomic E-state index is 0.0175. The number of likely N-dealkylation sites (N-methyl/N-ethyl adjacent to an activating group) is 1. The number of aryl methyl sites for hydroxylation is 1. The molecule has 2 N–H and O–H groups in total. The van der Waals surface area contributed by atoms with Gasteiger partial charge in [-0.05, 0) is 58.5 Å². The second-order valence-electron chi connectivity index (χ2n) is 6.67. The van der Waals surface area contributed by atoms with Crippen LogP contribution in [0.4, 0.5) is 0 Å². The quantitative estimate of drug-likeness (QED) is 0.749. The molecule has 6 heteroatoms. The molecule has 1 aliphatic heterocycles. The van der Waals surface area contributed by atoms with E-state index in [4.69, 9.17) is 0 Å². The lowest BCUT2D eigenvalue weighted by Crippen LogP contribution is -2.49. The lowest BCUT2D eigenvalue weighted by molar-refractivity contribution is -0.136. The number of rotatable bonds is 8. The molecule has 1 unspecified atom stereocenters. The monoisotopic (exact) mass is 353 g/mol. The van der Waals surface area contributed by atoms with Gasteiger partial charge < -0.3 is 15.3 Å². The second-order valence-corrected chi connectivity index (χ2v) is 8.05. The SMILES string of the molecule is CCC(CO)N(Cc1ccc(C)s1)C(=O)CN(C)C1CCNCC1. The highest BCUT2D eigenvalue weighted by Gasteiger charge is 2.26. The molecule has 136 valence electrons. The minimum Gasteiger partial charge on any atom is -0.394 e. The molecule has 2 heterocycles. The van der Waals surface area contributed by atoms with Crippen LogP contribution in [0.25, 0.3) is 0 Å². The lowest BCUT2D eigenvalue weighted by atomic mass is 10.1. The van der Waals surface area contributed by atoms with Gasteiger partial charge >= 0.3 is 0 Å². The molecular weight excluding hydrogens is 322 g/mol. The van der Waals surface area contributed by atoms with Crippen LogP contribution in [0.15, 0.2) is 12.1 Å². The number of aliphatic hydroxyl groups is 1. The van der Waals surface area contributed by atoms with E-state index in [0.717, 1.165) is 32.4 Å². The van der Waals surface area contributed by atoms with E-state index >= 15 is 0 Å². The van der Waals surface area contributed by atoms with Gasteiger partial charge in [0.05, 0.1) is 25.7 Å². The number of carbonyl (C=O) groups excluding carboxylic acids is 1. The number of aliphatic hydroxyl groups excluding tert-OH is 1. The molecule has 5 nitrogen and oxygen atoms in total. The van der Waals surface area contributed by atoms with Gasteiger partial charge in [0.25, 0.3) is 0 Å². The second kappa shape index (κ2) is 9.51. The number of thiophene rings is 1. The van der Waals surface area contributed by atoms with Crippen molar-refractivity contribution in [3.8, 4) is 0 Å². The Morgan fingerprint density at radius 3 is 2.67 bits per heavy atom. The Bertz CT molecular complexity index is 510. The summed E-state index contributed by atoms with van der Waals surface area (Å²) in [5.41, 5.74) is 0. The van der Waals surface area contributed by atoms with Crippen LogP contribution in [-0.4, -0.2) is 66.2 Å². The van der Waals surface area contributed by atoms with Gasteiger partial charge in [0.1, 0.15) is 0 Å². The molecule has 1 amide bonds. The molecule has 0 aromatic carbocycles. The first-order chi connectivity index (χ1) is 11.5. The Kier molecular flexibility index (Phi) is 7.68. The third-order valence-corrected chi connectivity index (χ3v) is 5.87. The molecule has 1 saturated heterocycles. The summed E-state index contributed by atoms with van der Waals surface area (Å²) in [5.74, 6) is 0.114. The highest BCUT2D eigenvalue weighted by Crippen LogP contribution is 2.20. The molecule has 1 aliphatic rings. The third-order valence-electron chi connectivity index (χ3n) is 4.88. The average Bonchev–Trinajstić information content (AvgIpc) is 3.00. The summed E-state index contributed by atoms with van der Waals surface area (Å²) in [4.78, 5) is 19.4. The fraction of sp³-hybridized carbons (Fsp3) is 0.722. The number of amides is 1. The van der Waals surface area contributed by atoms with Crippen LogP contribution >= 0.6 is 11.3 Å². The van der Waals surface area contributed by atoms with E-state index in [1.54, 1.807) is 11.3 Å². The Balaban J connectivity index is 2.02. The van der Waals surface area contributed by atoms with E-state index in [9.17, 15) is 9.90 Å². The largest absolute Gasteiger partial charge is 0.394 e. The predicted molar refractivity (Wildman–Crippen MR) is 99.3 cm³/mol. The molecule has 0 bridgehead atoms. The van der Waals surface area contributed by atoms with E-state index in [1.165, 1.54) is 9.75 Å². The molecule has 1 fully saturated rings. The molecule has 0 aliphatic carbocycles. The molecule has 2 rings (SSSR count). The molecule has 1 atom stereocenters. The first kappa shape index (κ1) is 19.4. The highest BCUT2D eigenvalue weighted by molar-refractivity contribution is 7.11. The van der Waals surface area contributed by atoms with E-state index in [0.29, 0.717) is 19.1 Å². The van der Waals surface area contributed by atoms with E-state index < -0.39 is 0 Å². The standard InChI is InChI=1S/C18H31N3O2S/c1-4-15(13-22)21(11-17-6-5-14(2)24-17)18(23)12-20(3)16-7-9-19-10-8-16/h5-6,15-16,19,22H,4,7-13H2,1-3H3. The van der Waals surface area contributed by atoms with Gasteiger partial charge in [-0.25, -0.2) is 0 Å². The van der Waals surface area contributed by atoms with Gasteiger partial charge in [0.2, 0.25) is 5.91 Å². The van der Waals surface area contributed by atoms with E-state index in [-0.39, 0.29) is 18.6 Å². The van der Waals surface area contributed by atoms with Crippen LogP contribution < -0.4 is 5.32 Å². The Labute approximate surface area is 149 Å². The molecule has 1 aromatic heterocycles. The first-order valence-corrected chi connectivity index (χ1v) is 9.73. The normalized spacial score (nSPS) is 17.2. The summed E-state index contributed by atoms with van der Waals surface area (Å²) in [6, 6.07) is 4.53. The summed E-state index contributed by atoms with van der Waals surface area (Å²) in [6.07, 6.45) is 2.94. The van der Waals surface area contributed by atoms with Crippen molar-refractivity contribution in [1.29, 1.82) is 0 Å². The van der Waals surface area contributed by atoms with Gasteiger partial charge in [-0.15, -0.1) is 11.3 Å². The average molecular weight is 354 g/mol. The number of hydrogen-bond acceptors (Lipinski definition) is 5. The molecule has 1 aromatic rings. The van der Waals surface area contributed by atoms with Gasteiger partial charge in [0.15, 0.2) is 0 Å². The zero-order chi connectivity index (χ0) is 17.5. The number of hydrogen-bond donors (Lipinski definition) is 2. The number of nitrogens with zero attached hydrogens (tertiary/aromatic N) is 2. The first-order valence-electron chi connectivity index (χ1n) is 8.91. The van der Waals surface area contributed by atoms with Crippen molar-refractivity contribution >= 4 is 17.2 Å². The summed E-state index contributed by atoms with van der Waals surface area (Å²) in [7, 11) is 2.04. The van der Waals surface area contributed by atoms with Gasteiger partial charge in [-0.3, -0.25) is 9.69 Å². The van der Waals surface area contributed by atoms with Crippen LogP contribution in [0, 0.1) is 6.92 Å². The van der Waals surface area contributed by atoms with Crippen molar-refractivity contribution in [3.63, 3.8) is 0 Å². The molecule has 0 saturated carbocycles. The predicted octanol–water partition coefficient (Wildman–Crippen LogP) is 1.84. The highest BCUT2D eigenvalue weighted by atomic mass is 32.1. The number of nitrogens with one attached hydrogen (secondary N) is 1. The summed E-state index contributed by atoms with van der Waals surface area (Å²) in [5, 5.41) is 13.1. The lowest BCUT2D eigenvalue weighted by Gasteiger charge is -2.35. The van der Waals surface area contributed by atoms with Crippen molar-refractivity contribution in [3.05, 3.63) is 21.9 Å². The fourth-order valence-corrected chi connectivity index (χ4v) is 4.18. The van der Waals surface area contributed by atoms with Gasteiger partial charge in [-0.1, -0.05) is 6.92 Å². The Morgan fingerprint density at radius 1 is 1.42 bits per heavy atom. The molecular formula is C18H31N3O2S. The van der Waals surface area contributed by atoms with Crippen LogP contribution in [0.1, 0.15) is 35.9 Å². The van der Waals surface area contributed by atoms with Crippen LogP contribution in [0.2, 0.25) is 0 Å². The van der Waals surface area contributed by atoms with Crippen molar-refractivity contribution < 1.29 is 9.90 Å². The maximum absolute atomic E-state index is 12.9. The fourth-order valence-electron chi connectivity index (χ4n) is 3.29. The Morgan fingerprint density at radius 2 is 2.12 bits per heavy atom. The number of carbonyl (C=O) groups is 1. The molecule has 24 heavy (non-hydrogen) atoms. The smallest absolute Gasteiger partial charge is 0.237 e. The van der Waals surface area contributed by atoms with Crippen LogP contribution in [-0.2, 0) is 11.3 Å². The van der Waals surface area contributed by atoms with E-state index in [1.807, 2.05) is 18.9 Å². The van der Waals surface area contributed by atoms with Crippen LogP contribution in [0.3, 0.4) is 0 Å². The van der Waals surface area contributed by atoms with Crippen LogP contribution in [0.5, 0.6) is 0 Å². The zero-order valence-electron chi connectivity index (χ0n) is 15.1. The van der Waals surface area contributed by atoms with Gasteiger partial charge in [-0.2, -0.15) is 0 Å². The maximum atomic E-state index is 12.9. The summed E-state index contributed by atoms with van der Waals surface area (Å²) < 4.78 is 0. The van der Waals surface area contributed by atoms with Crippen molar-refractivity contribution in [1.82, 2.24) is 15.1 Å². The van der Waals surface area contributed by atoms with Crippen molar-refractivity contribution in [2.24, 2.45) is 0 Å². The molecule has 0 radical (unpaired) electrons. The van der Waals surface area contributed by atoms with Gasteiger partial charge in [0, 0.05) is 15.8 Å². The minimum atomic E-state index is -0.110. The summed E-state index contributed by atoms with van der Waals surface area (Å²) in [6.45, 7) is 7.18. The maximum Gasteiger partial charge on any atom is 0.237 e. The number of piperidine rings is 1. The summed E-state index contributed by atoms with van der Waals surface area (Å²) >= 11 is 1.72. The van der Waals surface area contributed by atoms with Crippen molar-refractivity contribution in [2.45, 2.75) is 51.7 Å².